The van der Waals surface area contributed by atoms with Crippen molar-refractivity contribution in [2.24, 2.45) is 0 Å². The summed E-state index contributed by atoms with van der Waals surface area (Å²) in [4.78, 5) is 25.8. The number of piperazine rings is 1. The maximum absolute atomic E-state index is 12.6. The zero-order valence-corrected chi connectivity index (χ0v) is 17.4. The molecule has 1 amide bonds. The van der Waals surface area contributed by atoms with Gasteiger partial charge in [-0.2, -0.15) is 4.31 Å². The zero-order valence-electron chi connectivity index (χ0n) is 15.8. The van der Waals surface area contributed by atoms with Gasteiger partial charge in [0.25, 0.3) is 10.0 Å². The SMILES string of the molecule is CC(=O)c1ccc(NC(=O)[C@H](C)N2CCN(S(=O)(=O)c3cccs3)CC2)cc1. The minimum Gasteiger partial charge on any atom is -0.325 e. The van der Waals surface area contributed by atoms with Gasteiger partial charge in [-0.3, -0.25) is 14.5 Å². The van der Waals surface area contributed by atoms with Gasteiger partial charge >= 0.3 is 0 Å². The predicted molar refractivity (Wildman–Crippen MR) is 109 cm³/mol. The van der Waals surface area contributed by atoms with Crippen molar-refractivity contribution in [3.63, 3.8) is 0 Å². The highest BCUT2D eigenvalue weighted by Crippen LogP contribution is 2.22. The van der Waals surface area contributed by atoms with E-state index < -0.39 is 10.0 Å². The van der Waals surface area contributed by atoms with Crippen LogP contribution in [0.5, 0.6) is 0 Å². The maximum atomic E-state index is 12.6. The van der Waals surface area contributed by atoms with Gasteiger partial charge in [0.05, 0.1) is 6.04 Å². The molecule has 0 unspecified atom stereocenters. The molecule has 3 rings (SSSR count). The first kappa shape index (κ1) is 20.7. The topological polar surface area (TPSA) is 86.8 Å². The van der Waals surface area contributed by atoms with Crippen LogP contribution in [-0.2, 0) is 14.8 Å². The van der Waals surface area contributed by atoms with Crippen LogP contribution in [0.25, 0.3) is 0 Å². The minimum atomic E-state index is -3.45. The van der Waals surface area contributed by atoms with Gasteiger partial charge < -0.3 is 5.32 Å². The molecule has 0 radical (unpaired) electrons. The van der Waals surface area contributed by atoms with Gasteiger partial charge in [0, 0.05) is 37.4 Å². The third-order valence-corrected chi connectivity index (χ3v) is 8.12. The first-order chi connectivity index (χ1) is 13.3. The van der Waals surface area contributed by atoms with Crippen molar-refractivity contribution >= 4 is 38.7 Å². The number of Topliss-reactive ketones (excluding diaryl/α,β-unsaturated/α-hetero) is 1. The van der Waals surface area contributed by atoms with E-state index in [0.29, 0.717) is 41.6 Å². The fourth-order valence-electron chi connectivity index (χ4n) is 3.07. The normalized spacial score (nSPS) is 17.2. The zero-order chi connectivity index (χ0) is 20.3. The number of nitrogens with zero attached hydrogens (tertiary/aromatic N) is 2. The van der Waals surface area contributed by atoms with Crippen LogP contribution in [0.3, 0.4) is 0 Å². The fraction of sp³-hybridized carbons (Fsp3) is 0.368. The highest BCUT2D eigenvalue weighted by molar-refractivity contribution is 7.91. The molecule has 0 saturated carbocycles. The monoisotopic (exact) mass is 421 g/mol. The summed E-state index contributed by atoms with van der Waals surface area (Å²) in [6, 6.07) is 9.70. The lowest BCUT2D eigenvalue weighted by atomic mass is 10.1. The number of sulfonamides is 1. The standard InChI is InChI=1S/C19H23N3O4S2/c1-14(19(24)20-17-7-5-16(6-8-17)15(2)23)21-9-11-22(12-10-21)28(25,26)18-4-3-13-27-18/h3-8,13-14H,9-12H2,1-2H3,(H,20,24)/t14-/m0/s1. The van der Waals surface area contributed by atoms with Crippen LogP contribution >= 0.6 is 11.3 Å². The number of rotatable bonds is 6. The molecule has 0 spiro atoms. The van der Waals surface area contributed by atoms with E-state index in [4.69, 9.17) is 0 Å². The number of ketones is 1. The Morgan fingerprint density at radius 1 is 1.07 bits per heavy atom. The van der Waals surface area contributed by atoms with Crippen LogP contribution in [0, 0.1) is 0 Å². The van der Waals surface area contributed by atoms with E-state index in [0.717, 1.165) is 0 Å². The summed E-state index contributed by atoms with van der Waals surface area (Å²) in [6.07, 6.45) is 0. The molecule has 1 aromatic carbocycles. The van der Waals surface area contributed by atoms with Gasteiger partial charge in [-0.1, -0.05) is 6.07 Å². The third-order valence-electron chi connectivity index (χ3n) is 4.85. The Bertz CT molecular complexity index is 932. The first-order valence-electron chi connectivity index (χ1n) is 8.98. The van der Waals surface area contributed by atoms with Crippen LogP contribution in [-0.4, -0.2) is 61.5 Å². The Morgan fingerprint density at radius 3 is 2.25 bits per heavy atom. The number of carbonyl (C=O) groups is 2. The Hall–Kier alpha value is -2.07. The molecule has 1 saturated heterocycles. The lowest BCUT2D eigenvalue weighted by Crippen LogP contribution is -2.53. The van der Waals surface area contributed by atoms with Crippen LogP contribution in [0.1, 0.15) is 24.2 Å². The fourth-order valence-corrected chi connectivity index (χ4v) is 5.64. The average molecular weight is 422 g/mol. The molecule has 1 atom stereocenters. The van der Waals surface area contributed by atoms with Crippen LogP contribution in [0.2, 0.25) is 0 Å². The van der Waals surface area contributed by atoms with Crippen molar-refractivity contribution in [3.05, 3.63) is 47.3 Å². The number of anilines is 1. The molecule has 9 heteroatoms. The molecule has 7 nitrogen and oxygen atoms in total. The van der Waals surface area contributed by atoms with E-state index in [1.165, 1.54) is 22.6 Å². The number of nitrogens with one attached hydrogen (secondary N) is 1. The van der Waals surface area contributed by atoms with Crippen LogP contribution < -0.4 is 5.32 Å². The highest BCUT2D eigenvalue weighted by atomic mass is 32.2. The molecule has 1 aliphatic heterocycles. The molecule has 150 valence electrons. The van der Waals surface area contributed by atoms with Gasteiger partial charge in [-0.15, -0.1) is 11.3 Å². The number of carbonyl (C=O) groups excluding carboxylic acids is 2. The molecule has 1 N–H and O–H groups in total. The van der Waals surface area contributed by atoms with E-state index in [2.05, 4.69) is 5.32 Å². The second kappa shape index (κ2) is 8.52. The van der Waals surface area contributed by atoms with Crippen molar-refractivity contribution in [2.45, 2.75) is 24.1 Å². The number of hydrogen-bond acceptors (Lipinski definition) is 6. The van der Waals surface area contributed by atoms with Gasteiger partial charge in [0.15, 0.2) is 5.78 Å². The molecule has 1 fully saturated rings. The molecule has 1 aromatic heterocycles. The average Bonchev–Trinajstić information content (AvgIpc) is 3.23. The van der Waals surface area contributed by atoms with Crippen molar-refractivity contribution in [1.82, 2.24) is 9.21 Å². The van der Waals surface area contributed by atoms with E-state index in [1.807, 2.05) is 11.8 Å². The largest absolute Gasteiger partial charge is 0.325 e. The van der Waals surface area contributed by atoms with Crippen molar-refractivity contribution in [3.8, 4) is 0 Å². The third kappa shape index (κ3) is 4.49. The number of hydrogen-bond donors (Lipinski definition) is 1. The molecule has 1 aliphatic rings. The summed E-state index contributed by atoms with van der Waals surface area (Å²) < 4.78 is 27.0. The summed E-state index contributed by atoms with van der Waals surface area (Å²) in [6.45, 7) is 4.98. The Kier molecular flexibility index (Phi) is 6.29. The second-order valence-corrected chi connectivity index (χ2v) is 9.78. The van der Waals surface area contributed by atoms with Crippen LogP contribution in [0.15, 0.2) is 46.0 Å². The highest BCUT2D eigenvalue weighted by Gasteiger charge is 2.32. The van der Waals surface area contributed by atoms with E-state index in [-0.39, 0.29) is 17.7 Å². The molecule has 0 aliphatic carbocycles. The molecule has 28 heavy (non-hydrogen) atoms. The Morgan fingerprint density at radius 2 is 1.71 bits per heavy atom. The Balaban J connectivity index is 1.56. The van der Waals surface area contributed by atoms with Gasteiger partial charge in [-0.05, 0) is 49.6 Å². The number of thiophene rings is 1. The number of amides is 1. The van der Waals surface area contributed by atoms with Gasteiger partial charge in [0.2, 0.25) is 5.91 Å². The summed E-state index contributed by atoms with van der Waals surface area (Å²) in [5.74, 6) is -0.188. The van der Waals surface area contributed by atoms with Crippen molar-refractivity contribution in [2.75, 3.05) is 31.5 Å². The lowest BCUT2D eigenvalue weighted by Gasteiger charge is -2.36. The lowest BCUT2D eigenvalue weighted by molar-refractivity contribution is -0.121. The Labute approximate surface area is 169 Å². The predicted octanol–water partition coefficient (Wildman–Crippen LogP) is 2.28. The molecule has 0 bridgehead atoms. The summed E-state index contributed by atoms with van der Waals surface area (Å²) in [5, 5.41) is 4.60. The van der Waals surface area contributed by atoms with Crippen molar-refractivity contribution < 1.29 is 18.0 Å². The molecular weight excluding hydrogens is 398 g/mol. The summed E-state index contributed by atoms with van der Waals surface area (Å²) in [7, 11) is -3.45. The minimum absolute atomic E-state index is 0.0263. The van der Waals surface area contributed by atoms with Crippen LogP contribution in [0.4, 0.5) is 5.69 Å². The quantitative estimate of drug-likeness (QED) is 0.723. The summed E-state index contributed by atoms with van der Waals surface area (Å²) >= 11 is 1.21. The second-order valence-electron chi connectivity index (χ2n) is 6.67. The van der Waals surface area contributed by atoms with E-state index >= 15 is 0 Å². The molecular formula is C19H23N3O4S2. The smallest absolute Gasteiger partial charge is 0.252 e. The van der Waals surface area contributed by atoms with E-state index in [9.17, 15) is 18.0 Å². The number of benzene rings is 1. The van der Waals surface area contributed by atoms with E-state index in [1.54, 1.807) is 41.8 Å². The maximum Gasteiger partial charge on any atom is 0.252 e. The molecule has 2 heterocycles. The summed E-state index contributed by atoms with van der Waals surface area (Å²) in [5.41, 5.74) is 1.22. The molecule has 2 aromatic rings. The van der Waals surface area contributed by atoms with Gasteiger partial charge in [0.1, 0.15) is 4.21 Å². The van der Waals surface area contributed by atoms with Gasteiger partial charge in [-0.25, -0.2) is 8.42 Å². The first-order valence-corrected chi connectivity index (χ1v) is 11.3. The van der Waals surface area contributed by atoms with Crippen molar-refractivity contribution in [1.29, 1.82) is 0 Å².